The predicted molar refractivity (Wildman–Crippen MR) is 73.2 cm³/mol. The zero-order valence-corrected chi connectivity index (χ0v) is 11.4. The lowest BCUT2D eigenvalue weighted by atomic mass is 10.0. The van der Waals surface area contributed by atoms with E-state index in [-0.39, 0.29) is 18.9 Å². The lowest BCUT2D eigenvalue weighted by Crippen LogP contribution is -2.44. The summed E-state index contributed by atoms with van der Waals surface area (Å²) in [4.78, 5) is 35.3. The topological polar surface area (TPSA) is 98.7 Å². The summed E-state index contributed by atoms with van der Waals surface area (Å²) in [6.07, 6.45) is 3.21. The number of rotatable bonds is 7. The highest BCUT2D eigenvalue weighted by Gasteiger charge is 2.24. The number of carboxylic acids is 1. The Labute approximate surface area is 118 Å². The smallest absolute Gasteiger partial charge is 0.321 e. The van der Waals surface area contributed by atoms with E-state index in [4.69, 9.17) is 5.11 Å². The van der Waals surface area contributed by atoms with E-state index in [0.29, 0.717) is 25.4 Å². The van der Waals surface area contributed by atoms with Crippen LogP contribution in [0, 0.1) is 5.92 Å². The average Bonchev–Trinajstić information content (AvgIpc) is 2.81. The average molecular weight is 283 g/mol. The van der Waals surface area contributed by atoms with Crippen LogP contribution in [0.2, 0.25) is 0 Å². The highest BCUT2D eigenvalue weighted by molar-refractivity contribution is 5.95. The third kappa shape index (κ3) is 6.33. The fourth-order valence-electron chi connectivity index (χ4n) is 2.20. The van der Waals surface area contributed by atoms with Crippen molar-refractivity contribution in [3.8, 4) is 0 Å². The van der Waals surface area contributed by atoms with Crippen LogP contribution in [-0.4, -0.2) is 54.1 Å². The van der Waals surface area contributed by atoms with Gasteiger partial charge in [-0.1, -0.05) is 6.08 Å². The molecule has 0 bridgehead atoms. The van der Waals surface area contributed by atoms with Gasteiger partial charge < -0.3 is 10.4 Å². The van der Waals surface area contributed by atoms with Crippen LogP contribution in [0.25, 0.3) is 0 Å². The van der Waals surface area contributed by atoms with Gasteiger partial charge in [0.15, 0.2) is 0 Å². The van der Waals surface area contributed by atoms with Crippen molar-refractivity contribution in [1.29, 1.82) is 0 Å². The molecule has 0 radical (unpaired) electrons. The Bertz CT molecular complexity index is 384. The summed E-state index contributed by atoms with van der Waals surface area (Å²) < 4.78 is 0. The molecule has 3 amide bonds. The van der Waals surface area contributed by atoms with E-state index in [2.05, 4.69) is 17.2 Å². The molecule has 1 unspecified atom stereocenters. The van der Waals surface area contributed by atoms with Gasteiger partial charge in [0.05, 0.1) is 6.54 Å². The summed E-state index contributed by atoms with van der Waals surface area (Å²) >= 11 is 0. The minimum Gasteiger partial charge on any atom is -0.481 e. The minimum absolute atomic E-state index is 0.158. The Morgan fingerprint density at radius 2 is 2.15 bits per heavy atom. The van der Waals surface area contributed by atoms with Crippen molar-refractivity contribution < 1.29 is 19.5 Å². The van der Waals surface area contributed by atoms with Gasteiger partial charge in [0.2, 0.25) is 5.91 Å². The van der Waals surface area contributed by atoms with Crippen molar-refractivity contribution in [2.75, 3.05) is 26.2 Å². The van der Waals surface area contributed by atoms with Gasteiger partial charge in [-0.25, -0.2) is 4.79 Å². The molecular weight excluding hydrogens is 262 g/mol. The molecule has 1 saturated heterocycles. The van der Waals surface area contributed by atoms with Gasteiger partial charge in [-0.05, 0) is 25.3 Å². The molecular formula is C13H21N3O4. The first kappa shape index (κ1) is 16.2. The molecule has 0 aromatic heterocycles. The second kappa shape index (κ2) is 8.31. The fraction of sp³-hybridized carbons (Fsp3) is 0.615. The SMILES string of the molecule is C=CCNC(=O)NC(=O)CN1CCC(CCC(=O)O)C1. The van der Waals surface area contributed by atoms with Gasteiger partial charge >= 0.3 is 12.0 Å². The third-order valence-electron chi connectivity index (χ3n) is 3.16. The monoisotopic (exact) mass is 283 g/mol. The standard InChI is InChI=1S/C13H21N3O4/c1-2-6-14-13(20)15-11(17)9-16-7-5-10(8-16)3-4-12(18)19/h2,10H,1,3-9H2,(H,18,19)(H2,14,15,17,20). The van der Waals surface area contributed by atoms with Gasteiger partial charge in [-0.2, -0.15) is 0 Å². The highest BCUT2D eigenvalue weighted by atomic mass is 16.4. The fourth-order valence-corrected chi connectivity index (χ4v) is 2.20. The first-order valence-electron chi connectivity index (χ1n) is 6.64. The van der Waals surface area contributed by atoms with Crippen LogP contribution in [-0.2, 0) is 9.59 Å². The zero-order valence-electron chi connectivity index (χ0n) is 11.4. The Morgan fingerprint density at radius 1 is 1.40 bits per heavy atom. The van der Waals surface area contributed by atoms with E-state index >= 15 is 0 Å². The molecule has 0 saturated carbocycles. The van der Waals surface area contributed by atoms with Gasteiger partial charge in [-0.15, -0.1) is 6.58 Å². The quantitative estimate of drug-likeness (QED) is 0.579. The maximum atomic E-state index is 11.6. The van der Waals surface area contributed by atoms with Crippen molar-refractivity contribution in [2.24, 2.45) is 5.92 Å². The number of nitrogens with zero attached hydrogens (tertiary/aromatic N) is 1. The van der Waals surface area contributed by atoms with Crippen LogP contribution in [0.1, 0.15) is 19.3 Å². The summed E-state index contributed by atoms with van der Waals surface area (Å²) in [6.45, 7) is 5.38. The Morgan fingerprint density at radius 3 is 2.80 bits per heavy atom. The summed E-state index contributed by atoms with van der Waals surface area (Å²) in [5.74, 6) is -0.834. The maximum Gasteiger partial charge on any atom is 0.321 e. The van der Waals surface area contributed by atoms with Crippen molar-refractivity contribution in [3.05, 3.63) is 12.7 Å². The molecule has 1 fully saturated rings. The van der Waals surface area contributed by atoms with Crippen molar-refractivity contribution >= 4 is 17.9 Å². The van der Waals surface area contributed by atoms with Gasteiger partial charge in [0, 0.05) is 19.5 Å². The molecule has 1 heterocycles. The van der Waals surface area contributed by atoms with E-state index in [1.54, 1.807) is 0 Å². The number of imide groups is 1. The number of carbonyl (C=O) groups excluding carboxylic acids is 2. The molecule has 0 spiro atoms. The largest absolute Gasteiger partial charge is 0.481 e. The minimum atomic E-state index is -0.792. The molecule has 3 N–H and O–H groups in total. The van der Waals surface area contributed by atoms with Crippen LogP contribution in [0.5, 0.6) is 0 Å². The van der Waals surface area contributed by atoms with Crippen LogP contribution in [0.3, 0.4) is 0 Å². The molecule has 1 atom stereocenters. The number of aliphatic carboxylic acids is 1. The van der Waals surface area contributed by atoms with Crippen molar-refractivity contribution in [3.63, 3.8) is 0 Å². The Hall–Kier alpha value is -1.89. The first-order chi connectivity index (χ1) is 9.51. The summed E-state index contributed by atoms with van der Waals surface area (Å²) in [7, 11) is 0. The third-order valence-corrected chi connectivity index (χ3v) is 3.16. The van der Waals surface area contributed by atoms with E-state index in [9.17, 15) is 14.4 Å². The van der Waals surface area contributed by atoms with Gasteiger partial charge in [0.1, 0.15) is 0 Å². The molecule has 1 rings (SSSR count). The van der Waals surface area contributed by atoms with Crippen LogP contribution >= 0.6 is 0 Å². The van der Waals surface area contributed by atoms with Crippen LogP contribution in [0.4, 0.5) is 4.79 Å². The maximum absolute atomic E-state index is 11.6. The lowest BCUT2D eigenvalue weighted by molar-refractivity contribution is -0.137. The number of hydrogen-bond donors (Lipinski definition) is 3. The second-order valence-electron chi connectivity index (χ2n) is 4.87. The molecule has 1 aliphatic rings. The molecule has 0 aliphatic carbocycles. The van der Waals surface area contributed by atoms with Crippen LogP contribution < -0.4 is 10.6 Å². The molecule has 7 heteroatoms. The predicted octanol–water partition coefficient (Wildman–Crippen LogP) is 0.185. The molecule has 1 aliphatic heterocycles. The lowest BCUT2D eigenvalue weighted by Gasteiger charge is -2.15. The summed E-state index contributed by atoms with van der Waals surface area (Å²) in [5.41, 5.74) is 0. The summed E-state index contributed by atoms with van der Waals surface area (Å²) in [5, 5.41) is 13.3. The number of amides is 3. The van der Waals surface area contributed by atoms with E-state index < -0.39 is 12.0 Å². The first-order valence-corrected chi connectivity index (χ1v) is 6.64. The van der Waals surface area contributed by atoms with Crippen LogP contribution in [0.15, 0.2) is 12.7 Å². The number of carboxylic acid groups (broad SMARTS) is 1. The normalized spacial score (nSPS) is 18.5. The number of carbonyl (C=O) groups is 3. The number of nitrogens with one attached hydrogen (secondary N) is 2. The Kier molecular flexibility index (Phi) is 6.72. The highest BCUT2D eigenvalue weighted by Crippen LogP contribution is 2.20. The Balaban J connectivity index is 2.21. The van der Waals surface area contributed by atoms with E-state index in [1.807, 2.05) is 4.90 Å². The molecule has 7 nitrogen and oxygen atoms in total. The molecule has 0 aromatic rings. The van der Waals surface area contributed by atoms with E-state index in [0.717, 1.165) is 13.0 Å². The second-order valence-corrected chi connectivity index (χ2v) is 4.87. The molecule has 0 aromatic carbocycles. The zero-order chi connectivity index (χ0) is 15.0. The number of urea groups is 1. The molecule has 112 valence electrons. The van der Waals surface area contributed by atoms with E-state index in [1.165, 1.54) is 6.08 Å². The summed E-state index contributed by atoms with van der Waals surface area (Å²) in [6, 6.07) is -0.531. The van der Waals surface area contributed by atoms with Gasteiger partial charge in [0.25, 0.3) is 0 Å². The van der Waals surface area contributed by atoms with Gasteiger partial charge in [-0.3, -0.25) is 19.8 Å². The number of hydrogen-bond acceptors (Lipinski definition) is 4. The van der Waals surface area contributed by atoms with Crippen molar-refractivity contribution in [1.82, 2.24) is 15.5 Å². The number of likely N-dealkylation sites (tertiary alicyclic amines) is 1. The molecule has 20 heavy (non-hydrogen) atoms. The van der Waals surface area contributed by atoms with Crippen molar-refractivity contribution in [2.45, 2.75) is 19.3 Å².